The van der Waals surface area contributed by atoms with Crippen molar-refractivity contribution in [3.05, 3.63) is 35.1 Å². The largest absolute Gasteiger partial charge is 0.500 e. The number of hydrogen-bond donors (Lipinski definition) is 0. The van der Waals surface area contributed by atoms with Crippen LogP contribution in [0.5, 0.6) is 0 Å². The van der Waals surface area contributed by atoms with Crippen LogP contribution in [0.1, 0.15) is 5.56 Å². The van der Waals surface area contributed by atoms with Gasteiger partial charge in [0.2, 0.25) is 0 Å². The molecule has 102 valence electrons. The van der Waals surface area contributed by atoms with Crippen molar-refractivity contribution in [2.24, 2.45) is 0 Å². The summed E-state index contributed by atoms with van der Waals surface area (Å²) in [5.41, 5.74) is 0.0666. The zero-order valence-electron chi connectivity index (χ0n) is 10.4. The molecule has 1 rings (SSSR count). The summed E-state index contributed by atoms with van der Waals surface area (Å²) < 4.78 is 54.7. The molecule has 1 aromatic rings. The van der Waals surface area contributed by atoms with E-state index in [1.165, 1.54) is 27.4 Å². The summed E-state index contributed by atoms with van der Waals surface area (Å²) in [5.74, 6) is -3.85. The Kier molecular flexibility index (Phi) is 5.33. The van der Waals surface area contributed by atoms with Crippen molar-refractivity contribution in [2.45, 2.75) is 12.5 Å². The molecule has 0 radical (unpaired) electrons. The van der Waals surface area contributed by atoms with Gasteiger partial charge < -0.3 is 13.3 Å². The topological polar surface area (TPSA) is 27.7 Å². The maximum absolute atomic E-state index is 13.4. The third kappa shape index (κ3) is 3.11. The van der Waals surface area contributed by atoms with Crippen LogP contribution in [0.2, 0.25) is 6.04 Å². The summed E-state index contributed by atoms with van der Waals surface area (Å²) in [6.07, 6.45) is 0.144. The summed E-state index contributed by atoms with van der Waals surface area (Å²) in [4.78, 5) is 0. The van der Waals surface area contributed by atoms with E-state index in [0.717, 1.165) is 6.07 Å². The van der Waals surface area contributed by atoms with E-state index in [4.69, 9.17) is 13.3 Å². The standard InChI is InChI=1S/C11H15F3O3Si/c1-15-18(16-2,17-3)7-6-8-4-5-9(12)11(14)10(8)13/h4-5H,6-7H2,1-3H3. The highest BCUT2D eigenvalue weighted by molar-refractivity contribution is 6.60. The van der Waals surface area contributed by atoms with E-state index in [1.807, 2.05) is 0 Å². The fourth-order valence-electron chi connectivity index (χ4n) is 1.60. The molecular formula is C11H15F3O3Si. The van der Waals surface area contributed by atoms with Crippen LogP contribution in [-0.2, 0) is 19.7 Å². The van der Waals surface area contributed by atoms with E-state index in [-0.39, 0.29) is 18.0 Å². The van der Waals surface area contributed by atoms with Gasteiger partial charge in [-0.15, -0.1) is 0 Å². The molecule has 0 aliphatic rings. The van der Waals surface area contributed by atoms with Gasteiger partial charge in [-0.25, -0.2) is 13.2 Å². The van der Waals surface area contributed by atoms with Gasteiger partial charge in [0.1, 0.15) is 0 Å². The van der Waals surface area contributed by atoms with Crippen LogP contribution in [-0.4, -0.2) is 30.1 Å². The molecule has 0 bridgehead atoms. The normalized spacial score (nSPS) is 11.9. The van der Waals surface area contributed by atoms with Crippen molar-refractivity contribution in [3.8, 4) is 0 Å². The first-order valence-electron chi connectivity index (χ1n) is 5.27. The van der Waals surface area contributed by atoms with Gasteiger partial charge in [0.05, 0.1) is 0 Å². The fraction of sp³-hybridized carbons (Fsp3) is 0.455. The van der Waals surface area contributed by atoms with Crippen molar-refractivity contribution in [3.63, 3.8) is 0 Å². The maximum atomic E-state index is 13.4. The molecule has 0 amide bonds. The first-order chi connectivity index (χ1) is 8.49. The minimum absolute atomic E-state index is 0.0666. The van der Waals surface area contributed by atoms with E-state index in [1.54, 1.807) is 0 Å². The van der Waals surface area contributed by atoms with Crippen LogP contribution in [0.3, 0.4) is 0 Å². The zero-order chi connectivity index (χ0) is 13.8. The van der Waals surface area contributed by atoms with Crippen molar-refractivity contribution < 1.29 is 26.4 Å². The molecule has 0 atom stereocenters. The molecule has 0 heterocycles. The van der Waals surface area contributed by atoms with Crippen molar-refractivity contribution in [1.29, 1.82) is 0 Å². The van der Waals surface area contributed by atoms with Crippen molar-refractivity contribution in [2.75, 3.05) is 21.3 Å². The first kappa shape index (κ1) is 15.2. The first-order valence-corrected chi connectivity index (χ1v) is 7.20. The maximum Gasteiger partial charge on any atom is 0.500 e. The number of hydrogen-bond acceptors (Lipinski definition) is 3. The lowest BCUT2D eigenvalue weighted by atomic mass is 10.1. The molecule has 0 spiro atoms. The number of halogens is 3. The van der Waals surface area contributed by atoms with Gasteiger partial charge in [-0.05, 0) is 18.1 Å². The Morgan fingerprint density at radius 1 is 0.944 bits per heavy atom. The molecule has 1 aromatic carbocycles. The Morgan fingerprint density at radius 2 is 1.50 bits per heavy atom. The molecule has 0 N–H and O–H groups in total. The number of rotatable bonds is 6. The van der Waals surface area contributed by atoms with Gasteiger partial charge in [-0.3, -0.25) is 0 Å². The van der Waals surface area contributed by atoms with Gasteiger partial charge in [0.15, 0.2) is 17.5 Å². The second kappa shape index (κ2) is 6.33. The molecule has 0 aromatic heterocycles. The quantitative estimate of drug-likeness (QED) is 0.592. The van der Waals surface area contributed by atoms with Crippen LogP contribution in [0, 0.1) is 17.5 Å². The SMILES string of the molecule is CO[Si](CCc1ccc(F)c(F)c1F)(OC)OC. The molecule has 18 heavy (non-hydrogen) atoms. The molecule has 3 nitrogen and oxygen atoms in total. The molecular weight excluding hydrogens is 265 g/mol. The van der Waals surface area contributed by atoms with Crippen molar-refractivity contribution in [1.82, 2.24) is 0 Å². The third-order valence-corrected chi connectivity index (χ3v) is 5.48. The third-order valence-electron chi connectivity index (χ3n) is 2.75. The Bertz CT molecular complexity index is 403. The van der Waals surface area contributed by atoms with Gasteiger partial charge >= 0.3 is 8.80 Å². The summed E-state index contributed by atoms with van der Waals surface area (Å²) in [6.45, 7) is 0. The molecule has 0 fully saturated rings. The lowest BCUT2D eigenvalue weighted by molar-refractivity contribution is 0.123. The molecule has 0 aliphatic carbocycles. The van der Waals surface area contributed by atoms with Gasteiger partial charge in [-0.1, -0.05) is 6.07 Å². The summed E-state index contributed by atoms with van der Waals surface area (Å²) in [6, 6.07) is 2.37. The minimum atomic E-state index is -2.84. The molecule has 7 heteroatoms. The highest BCUT2D eigenvalue weighted by Gasteiger charge is 2.37. The average molecular weight is 280 g/mol. The van der Waals surface area contributed by atoms with E-state index in [2.05, 4.69) is 0 Å². The monoisotopic (exact) mass is 280 g/mol. The predicted octanol–water partition coefficient (Wildman–Crippen LogP) is 2.52. The van der Waals surface area contributed by atoms with Crippen LogP contribution >= 0.6 is 0 Å². The van der Waals surface area contributed by atoms with Crippen LogP contribution in [0.25, 0.3) is 0 Å². The highest BCUT2D eigenvalue weighted by Crippen LogP contribution is 2.21. The average Bonchev–Trinajstić information content (AvgIpc) is 2.40. The molecule has 0 unspecified atom stereocenters. The Morgan fingerprint density at radius 3 is 2.00 bits per heavy atom. The molecule has 0 saturated heterocycles. The van der Waals surface area contributed by atoms with E-state index >= 15 is 0 Å². The van der Waals surface area contributed by atoms with Crippen LogP contribution in [0.4, 0.5) is 13.2 Å². The molecule has 0 saturated carbocycles. The van der Waals surface area contributed by atoms with Gasteiger partial charge in [0, 0.05) is 27.4 Å². The number of benzene rings is 1. The fourth-order valence-corrected chi connectivity index (χ4v) is 3.29. The smallest absolute Gasteiger partial charge is 0.377 e. The van der Waals surface area contributed by atoms with Crippen molar-refractivity contribution >= 4 is 8.80 Å². The van der Waals surface area contributed by atoms with Crippen LogP contribution in [0.15, 0.2) is 12.1 Å². The second-order valence-corrected chi connectivity index (χ2v) is 6.72. The zero-order valence-corrected chi connectivity index (χ0v) is 11.4. The lowest BCUT2D eigenvalue weighted by Gasteiger charge is -2.24. The van der Waals surface area contributed by atoms with E-state index < -0.39 is 26.3 Å². The highest BCUT2D eigenvalue weighted by atomic mass is 28.4. The minimum Gasteiger partial charge on any atom is -0.377 e. The van der Waals surface area contributed by atoms with Gasteiger partial charge in [-0.2, -0.15) is 0 Å². The van der Waals surface area contributed by atoms with Gasteiger partial charge in [0.25, 0.3) is 0 Å². The summed E-state index contributed by atoms with van der Waals surface area (Å²) in [5, 5.41) is 0. The second-order valence-electron chi connectivity index (χ2n) is 3.63. The Balaban J connectivity index is 2.83. The number of aryl methyl sites for hydroxylation is 1. The lowest BCUT2D eigenvalue weighted by Crippen LogP contribution is -2.43. The molecule has 0 aliphatic heterocycles. The Labute approximate surface area is 105 Å². The summed E-state index contributed by atoms with van der Waals surface area (Å²) >= 11 is 0. The van der Waals surface area contributed by atoms with E-state index in [9.17, 15) is 13.2 Å². The van der Waals surface area contributed by atoms with E-state index in [0.29, 0.717) is 0 Å². The predicted molar refractivity (Wildman–Crippen MR) is 61.6 cm³/mol. The summed E-state index contributed by atoms with van der Waals surface area (Å²) in [7, 11) is 1.46. The van der Waals surface area contributed by atoms with Crippen LogP contribution < -0.4 is 0 Å². The Hall–Kier alpha value is -0.893.